The van der Waals surface area contributed by atoms with Crippen molar-refractivity contribution in [3.63, 3.8) is 0 Å². The molecule has 0 unspecified atom stereocenters. The maximum Gasteiger partial charge on any atom is 0.331 e. The zero-order valence-electron chi connectivity index (χ0n) is 12.3. The van der Waals surface area contributed by atoms with Gasteiger partial charge in [0.25, 0.3) is 0 Å². The highest BCUT2D eigenvalue weighted by atomic mass is 35.5. The summed E-state index contributed by atoms with van der Waals surface area (Å²) in [6.07, 6.45) is 1.45. The molecule has 0 saturated heterocycles. The quantitative estimate of drug-likeness (QED) is 0.636. The summed E-state index contributed by atoms with van der Waals surface area (Å²) >= 11 is 6.35. The Balaban J connectivity index is 2.21. The van der Waals surface area contributed by atoms with E-state index in [0.29, 0.717) is 5.15 Å². The molecular weight excluding hydrogens is 288 g/mol. The second-order valence-corrected chi connectivity index (χ2v) is 5.29. The first kappa shape index (κ1) is 15.3. The molecule has 0 aliphatic carbocycles. The van der Waals surface area contributed by atoms with E-state index in [9.17, 15) is 4.79 Å². The first-order chi connectivity index (χ1) is 9.99. The predicted molar refractivity (Wildman–Crippen MR) is 82.5 cm³/mol. The van der Waals surface area contributed by atoms with Gasteiger partial charge in [-0.1, -0.05) is 35.4 Å². The molecule has 2 rings (SSSR count). The van der Waals surface area contributed by atoms with Crippen LogP contribution in [0.3, 0.4) is 0 Å². The number of rotatable bonds is 4. The summed E-state index contributed by atoms with van der Waals surface area (Å²) in [5.41, 5.74) is 3.22. The van der Waals surface area contributed by atoms with Gasteiger partial charge in [0.2, 0.25) is 0 Å². The van der Waals surface area contributed by atoms with Crippen molar-refractivity contribution in [2.75, 3.05) is 0 Å². The van der Waals surface area contributed by atoms with Crippen LogP contribution in [0.25, 0.3) is 5.69 Å². The Morgan fingerprint density at radius 3 is 2.62 bits per heavy atom. The molecule has 0 aliphatic heterocycles. The van der Waals surface area contributed by atoms with Gasteiger partial charge < -0.3 is 4.74 Å². The lowest BCUT2D eigenvalue weighted by atomic mass is 10.3. The van der Waals surface area contributed by atoms with Gasteiger partial charge in [0, 0.05) is 11.6 Å². The molecule has 21 heavy (non-hydrogen) atoms. The molecule has 4 nitrogen and oxygen atoms in total. The second-order valence-electron chi connectivity index (χ2n) is 4.93. The minimum absolute atomic E-state index is 0.111. The number of aromatic nitrogens is 2. The number of aryl methyl sites for hydroxylation is 1. The molecule has 1 aromatic heterocycles. The maximum absolute atomic E-state index is 11.6. The van der Waals surface area contributed by atoms with Gasteiger partial charge in [-0.25, -0.2) is 9.48 Å². The van der Waals surface area contributed by atoms with Crippen LogP contribution in [0.1, 0.15) is 25.1 Å². The van der Waals surface area contributed by atoms with Gasteiger partial charge in [0.05, 0.1) is 11.4 Å². The molecule has 1 heterocycles. The summed E-state index contributed by atoms with van der Waals surface area (Å²) in [4.78, 5) is 11.6. The van der Waals surface area contributed by atoms with Gasteiger partial charge in [-0.05, 0) is 32.9 Å². The van der Waals surface area contributed by atoms with Gasteiger partial charge >= 0.3 is 5.97 Å². The third-order valence-electron chi connectivity index (χ3n) is 2.89. The number of hydrogen-bond donors (Lipinski definition) is 0. The van der Waals surface area contributed by atoms with Gasteiger partial charge in [-0.3, -0.25) is 0 Å². The highest BCUT2D eigenvalue weighted by Gasteiger charge is 2.15. The summed E-state index contributed by atoms with van der Waals surface area (Å²) in [5.74, 6) is -0.377. The van der Waals surface area contributed by atoms with Gasteiger partial charge in [0.15, 0.2) is 0 Å². The van der Waals surface area contributed by atoms with E-state index in [-0.39, 0.29) is 12.6 Å². The predicted octanol–water partition coefficient (Wildman–Crippen LogP) is 3.84. The van der Waals surface area contributed by atoms with Crippen molar-refractivity contribution < 1.29 is 9.53 Å². The lowest BCUT2D eigenvalue weighted by Gasteiger charge is -2.04. The van der Waals surface area contributed by atoms with Crippen LogP contribution in [0.2, 0.25) is 5.15 Å². The van der Waals surface area contributed by atoms with E-state index in [1.165, 1.54) is 6.08 Å². The number of nitrogens with zero attached hydrogens (tertiary/aromatic N) is 2. The van der Waals surface area contributed by atoms with Crippen LogP contribution in [0.5, 0.6) is 0 Å². The van der Waals surface area contributed by atoms with E-state index < -0.39 is 0 Å². The molecule has 0 spiro atoms. The summed E-state index contributed by atoms with van der Waals surface area (Å²) in [5, 5.41) is 4.86. The van der Waals surface area contributed by atoms with E-state index in [4.69, 9.17) is 16.3 Å². The molecule has 110 valence electrons. The molecule has 0 fully saturated rings. The molecule has 0 bridgehead atoms. The smallest absolute Gasteiger partial charge is 0.331 e. The molecule has 0 atom stereocenters. The van der Waals surface area contributed by atoms with Crippen molar-refractivity contribution in [1.29, 1.82) is 0 Å². The highest BCUT2D eigenvalue weighted by molar-refractivity contribution is 6.30. The molecule has 5 heteroatoms. The monoisotopic (exact) mass is 304 g/mol. The minimum Gasteiger partial charge on any atom is -0.457 e. The average Bonchev–Trinajstić information content (AvgIpc) is 2.72. The largest absolute Gasteiger partial charge is 0.457 e. The summed E-state index contributed by atoms with van der Waals surface area (Å²) in [7, 11) is 0. The third kappa shape index (κ3) is 3.73. The Labute approximate surface area is 129 Å². The molecule has 1 aromatic carbocycles. The number of ether oxygens (including phenoxy) is 1. The summed E-state index contributed by atoms with van der Waals surface area (Å²) in [6.45, 7) is 5.63. The Hall–Kier alpha value is -2.07. The number of halogens is 1. The number of benzene rings is 1. The fraction of sp³-hybridized carbons (Fsp3) is 0.250. The topological polar surface area (TPSA) is 44.1 Å². The van der Waals surface area contributed by atoms with Gasteiger partial charge in [-0.2, -0.15) is 5.10 Å². The third-order valence-corrected chi connectivity index (χ3v) is 3.28. The summed E-state index contributed by atoms with van der Waals surface area (Å²) < 4.78 is 6.84. The molecule has 0 aliphatic rings. The molecule has 0 N–H and O–H groups in total. The molecule has 0 radical (unpaired) electrons. The van der Waals surface area contributed by atoms with Crippen molar-refractivity contribution in [3.8, 4) is 5.69 Å². The number of para-hydroxylation sites is 1. The zero-order chi connectivity index (χ0) is 15.4. The Morgan fingerprint density at radius 1 is 1.33 bits per heavy atom. The first-order valence-corrected chi connectivity index (χ1v) is 6.98. The molecule has 0 amide bonds. The number of carbonyl (C=O) groups is 1. The van der Waals surface area contributed by atoms with Crippen LogP contribution in [0.15, 0.2) is 42.0 Å². The SMILES string of the molecule is CC(C)=CC(=O)OCc1c(C)nn(-c2ccccc2)c1Cl. The molecule has 0 saturated carbocycles. The van der Waals surface area contributed by atoms with E-state index in [2.05, 4.69) is 5.10 Å². The van der Waals surface area contributed by atoms with Crippen molar-refractivity contribution in [2.24, 2.45) is 0 Å². The van der Waals surface area contributed by atoms with Crippen LogP contribution in [-0.2, 0) is 16.1 Å². The fourth-order valence-electron chi connectivity index (χ4n) is 1.86. The standard InChI is InChI=1S/C16H17ClN2O2/c1-11(2)9-15(20)21-10-14-12(3)18-19(16(14)17)13-7-5-4-6-8-13/h4-9H,10H2,1-3H3. The zero-order valence-corrected chi connectivity index (χ0v) is 13.0. The Morgan fingerprint density at radius 2 is 2.00 bits per heavy atom. The van der Waals surface area contributed by atoms with Gasteiger partial charge in [0.1, 0.15) is 11.8 Å². The molecule has 2 aromatic rings. The second kappa shape index (κ2) is 6.59. The van der Waals surface area contributed by atoms with Crippen LogP contribution < -0.4 is 0 Å². The number of carbonyl (C=O) groups excluding carboxylic acids is 1. The maximum atomic E-state index is 11.6. The summed E-state index contributed by atoms with van der Waals surface area (Å²) in [6, 6.07) is 9.58. The van der Waals surface area contributed by atoms with E-state index in [1.807, 2.05) is 51.1 Å². The van der Waals surface area contributed by atoms with E-state index >= 15 is 0 Å². The van der Waals surface area contributed by atoms with Crippen molar-refractivity contribution >= 4 is 17.6 Å². The van der Waals surface area contributed by atoms with Gasteiger partial charge in [-0.15, -0.1) is 0 Å². The first-order valence-electron chi connectivity index (χ1n) is 6.60. The van der Waals surface area contributed by atoms with Crippen molar-refractivity contribution in [3.05, 3.63) is 58.4 Å². The lowest BCUT2D eigenvalue weighted by molar-refractivity contribution is -0.139. The average molecular weight is 305 g/mol. The minimum atomic E-state index is -0.377. The normalized spacial score (nSPS) is 10.3. The number of allylic oxidation sites excluding steroid dienone is 1. The van der Waals surface area contributed by atoms with Crippen LogP contribution in [-0.4, -0.2) is 15.7 Å². The fourth-order valence-corrected chi connectivity index (χ4v) is 2.18. The van der Waals surface area contributed by atoms with Crippen molar-refractivity contribution in [2.45, 2.75) is 27.4 Å². The lowest BCUT2D eigenvalue weighted by Crippen LogP contribution is -2.02. The number of hydrogen-bond acceptors (Lipinski definition) is 3. The van der Waals surface area contributed by atoms with Crippen LogP contribution in [0.4, 0.5) is 0 Å². The van der Waals surface area contributed by atoms with Crippen molar-refractivity contribution in [1.82, 2.24) is 9.78 Å². The van der Waals surface area contributed by atoms with E-state index in [1.54, 1.807) is 4.68 Å². The Kier molecular flexibility index (Phi) is 4.81. The highest BCUT2D eigenvalue weighted by Crippen LogP contribution is 2.24. The molecular formula is C16H17ClN2O2. The van der Waals surface area contributed by atoms with Crippen LogP contribution in [0, 0.1) is 6.92 Å². The number of esters is 1. The van der Waals surface area contributed by atoms with E-state index in [0.717, 1.165) is 22.5 Å². The Bertz CT molecular complexity index is 671. The van der Waals surface area contributed by atoms with Crippen LogP contribution >= 0.6 is 11.6 Å².